The highest BCUT2D eigenvalue weighted by atomic mass is 19.1. The van der Waals surface area contributed by atoms with Gasteiger partial charge in [-0.2, -0.15) is 0 Å². The second-order valence-electron chi connectivity index (χ2n) is 6.34. The number of anilines is 1. The highest BCUT2D eigenvalue weighted by Gasteiger charge is 2.19. The summed E-state index contributed by atoms with van der Waals surface area (Å²) in [5.41, 5.74) is 0.0728. The Hall–Kier alpha value is -2.76. The van der Waals surface area contributed by atoms with E-state index in [1.165, 1.54) is 18.2 Å². The van der Waals surface area contributed by atoms with Gasteiger partial charge in [0, 0.05) is 24.2 Å². The molecule has 1 fully saturated rings. The first-order chi connectivity index (χ1) is 12.6. The Kier molecular flexibility index (Phi) is 5.61. The number of nitrogens with zero attached hydrogens (tertiary/aromatic N) is 1. The summed E-state index contributed by atoms with van der Waals surface area (Å²) in [5, 5.41) is 2.24. The Balaban J connectivity index is 1.78. The molecule has 0 spiro atoms. The van der Waals surface area contributed by atoms with E-state index in [9.17, 15) is 18.4 Å². The van der Waals surface area contributed by atoms with E-state index < -0.39 is 23.2 Å². The van der Waals surface area contributed by atoms with E-state index in [1.54, 1.807) is 17.0 Å². The molecule has 26 heavy (non-hydrogen) atoms. The Morgan fingerprint density at radius 2 is 1.42 bits per heavy atom. The first-order valence-corrected chi connectivity index (χ1v) is 8.71. The molecule has 3 rings (SSSR count). The number of carbonyl (C=O) groups excluding carboxylic acids is 2. The van der Waals surface area contributed by atoms with Crippen LogP contribution in [0.1, 0.15) is 46.4 Å². The summed E-state index contributed by atoms with van der Waals surface area (Å²) in [5.74, 6) is -2.50. The lowest BCUT2D eigenvalue weighted by Gasteiger charge is -2.20. The molecule has 0 unspecified atom stereocenters. The zero-order valence-electron chi connectivity index (χ0n) is 14.3. The van der Waals surface area contributed by atoms with E-state index in [0.717, 1.165) is 37.8 Å². The van der Waals surface area contributed by atoms with Crippen LogP contribution in [0.4, 0.5) is 14.5 Å². The van der Waals surface area contributed by atoms with Crippen LogP contribution in [-0.2, 0) is 0 Å². The first kappa shape index (κ1) is 18.0. The topological polar surface area (TPSA) is 49.4 Å². The Labute approximate surface area is 150 Å². The molecule has 136 valence electrons. The van der Waals surface area contributed by atoms with Crippen molar-refractivity contribution in [2.45, 2.75) is 25.7 Å². The monoisotopic (exact) mass is 358 g/mol. The predicted octanol–water partition coefficient (Wildman–Crippen LogP) is 4.23. The van der Waals surface area contributed by atoms with Gasteiger partial charge in [-0.05, 0) is 43.2 Å². The molecule has 1 N–H and O–H groups in total. The average molecular weight is 358 g/mol. The van der Waals surface area contributed by atoms with Crippen LogP contribution in [0.2, 0.25) is 0 Å². The van der Waals surface area contributed by atoms with E-state index in [0.29, 0.717) is 18.7 Å². The van der Waals surface area contributed by atoms with Gasteiger partial charge < -0.3 is 10.2 Å². The van der Waals surface area contributed by atoms with Crippen LogP contribution in [0.3, 0.4) is 0 Å². The smallest absolute Gasteiger partial charge is 0.255 e. The van der Waals surface area contributed by atoms with Crippen LogP contribution in [0.15, 0.2) is 42.5 Å². The fourth-order valence-electron chi connectivity index (χ4n) is 3.05. The fraction of sp³-hybridized carbons (Fsp3) is 0.300. The summed E-state index contributed by atoms with van der Waals surface area (Å²) in [6.07, 6.45) is 4.16. The highest BCUT2D eigenvalue weighted by molar-refractivity contribution is 6.06. The number of rotatable bonds is 3. The molecule has 0 aliphatic carbocycles. The van der Waals surface area contributed by atoms with Gasteiger partial charge in [0.05, 0.1) is 0 Å². The molecule has 0 atom stereocenters. The van der Waals surface area contributed by atoms with Crippen molar-refractivity contribution < 1.29 is 18.4 Å². The van der Waals surface area contributed by atoms with E-state index in [1.807, 2.05) is 0 Å². The molecule has 0 radical (unpaired) electrons. The van der Waals surface area contributed by atoms with Gasteiger partial charge >= 0.3 is 0 Å². The highest BCUT2D eigenvalue weighted by Crippen LogP contribution is 2.20. The maximum Gasteiger partial charge on any atom is 0.255 e. The minimum absolute atomic E-state index is 0.126. The number of nitrogens with one attached hydrogen (secondary N) is 1. The number of benzene rings is 2. The minimum atomic E-state index is -0.852. The zero-order chi connectivity index (χ0) is 18.5. The molecule has 1 saturated heterocycles. The maximum absolute atomic E-state index is 13.7. The summed E-state index contributed by atoms with van der Waals surface area (Å²) in [7, 11) is 0. The molecule has 2 amide bonds. The molecule has 1 aliphatic heterocycles. The van der Waals surface area contributed by atoms with E-state index in [4.69, 9.17) is 0 Å². The molecule has 4 nitrogen and oxygen atoms in total. The van der Waals surface area contributed by atoms with E-state index >= 15 is 0 Å². The quantitative estimate of drug-likeness (QED) is 0.892. The summed E-state index contributed by atoms with van der Waals surface area (Å²) < 4.78 is 27.4. The van der Waals surface area contributed by atoms with Crippen molar-refractivity contribution in [3.63, 3.8) is 0 Å². The van der Waals surface area contributed by atoms with Crippen molar-refractivity contribution in [1.29, 1.82) is 0 Å². The third-order valence-electron chi connectivity index (χ3n) is 4.47. The van der Waals surface area contributed by atoms with Crippen molar-refractivity contribution >= 4 is 17.5 Å². The van der Waals surface area contributed by atoms with Gasteiger partial charge in [-0.25, -0.2) is 8.78 Å². The first-order valence-electron chi connectivity index (χ1n) is 8.71. The van der Waals surface area contributed by atoms with Gasteiger partial charge in [0.1, 0.15) is 17.3 Å². The van der Waals surface area contributed by atoms with Crippen molar-refractivity contribution in [1.82, 2.24) is 4.90 Å². The van der Waals surface area contributed by atoms with Gasteiger partial charge in [0.2, 0.25) is 0 Å². The fourth-order valence-corrected chi connectivity index (χ4v) is 3.05. The van der Waals surface area contributed by atoms with Crippen LogP contribution in [0.25, 0.3) is 0 Å². The molecule has 1 aliphatic rings. The standard InChI is InChI=1S/C20H20F2N2O2/c21-16-9-6-10-17(22)18(16)23-19(25)14-7-5-8-15(13-14)20(26)24-11-3-1-2-4-12-24/h5-10,13H,1-4,11-12H2,(H,23,25). The third kappa shape index (κ3) is 4.07. The second-order valence-corrected chi connectivity index (χ2v) is 6.34. The van der Waals surface area contributed by atoms with E-state index in [2.05, 4.69) is 5.32 Å². The van der Waals surface area contributed by atoms with Crippen molar-refractivity contribution in [3.05, 3.63) is 65.2 Å². The van der Waals surface area contributed by atoms with Crippen LogP contribution >= 0.6 is 0 Å². The SMILES string of the molecule is O=C(Nc1c(F)cccc1F)c1cccc(C(=O)N2CCCCCC2)c1. The molecule has 1 heterocycles. The van der Waals surface area contributed by atoms with Crippen LogP contribution in [0, 0.1) is 11.6 Å². The van der Waals surface area contributed by atoms with Crippen LogP contribution in [-0.4, -0.2) is 29.8 Å². The summed E-state index contributed by atoms with van der Waals surface area (Å²) in [6.45, 7) is 1.41. The van der Waals surface area contributed by atoms with Crippen molar-refractivity contribution in [3.8, 4) is 0 Å². The Morgan fingerprint density at radius 3 is 2.08 bits per heavy atom. The average Bonchev–Trinajstić information content (AvgIpc) is 2.93. The van der Waals surface area contributed by atoms with Gasteiger partial charge in [-0.3, -0.25) is 9.59 Å². The van der Waals surface area contributed by atoms with Gasteiger partial charge in [0.25, 0.3) is 11.8 Å². The lowest BCUT2D eigenvalue weighted by Crippen LogP contribution is -2.32. The molecular formula is C20H20F2N2O2. The number of para-hydroxylation sites is 1. The lowest BCUT2D eigenvalue weighted by atomic mass is 10.1. The van der Waals surface area contributed by atoms with Gasteiger partial charge in [-0.1, -0.05) is 25.0 Å². The van der Waals surface area contributed by atoms with E-state index in [-0.39, 0.29) is 11.5 Å². The maximum atomic E-state index is 13.7. The molecule has 6 heteroatoms. The molecular weight excluding hydrogens is 338 g/mol. The summed E-state index contributed by atoms with van der Waals surface area (Å²) in [6, 6.07) is 9.57. The molecule has 0 saturated carbocycles. The summed E-state index contributed by atoms with van der Waals surface area (Å²) in [4.78, 5) is 26.8. The third-order valence-corrected chi connectivity index (χ3v) is 4.47. The molecule has 0 bridgehead atoms. The summed E-state index contributed by atoms with van der Waals surface area (Å²) >= 11 is 0. The van der Waals surface area contributed by atoms with Crippen LogP contribution in [0.5, 0.6) is 0 Å². The number of halogens is 2. The minimum Gasteiger partial charge on any atom is -0.339 e. The van der Waals surface area contributed by atoms with Crippen molar-refractivity contribution in [2.24, 2.45) is 0 Å². The van der Waals surface area contributed by atoms with Crippen molar-refractivity contribution in [2.75, 3.05) is 18.4 Å². The van der Waals surface area contributed by atoms with Crippen LogP contribution < -0.4 is 5.32 Å². The second kappa shape index (κ2) is 8.08. The van der Waals surface area contributed by atoms with Gasteiger partial charge in [-0.15, -0.1) is 0 Å². The number of hydrogen-bond donors (Lipinski definition) is 1. The number of carbonyl (C=O) groups is 2. The zero-order valence-corrected chi connectivity index (χ0v) is 14.3. The Bertz CT molecular complexity index is 795. The Morgan fingerprint density at radius 1 is 0.846 bits per heavy atom. The largest absolute Gasteiger partial charge is 0.339 e. The number of amides is 2. The lowest BCUT2D eigenvalue weighted by molar-refractivity contribution is 0.0761. The van der Waals surface area contributed by atoms with Gasteiger partial charge in [0.15, 0.2) is 0 Å². The normalized spacial score (nSPS) is 14.6. The molecule has 0 aromatic heterocycles. The number of likely N-dealkylation sites (tertiary alicyclic amines) is 1. The molecule has 2 aromatic carbocycles. The predicted molar refractivity (Wildman–Crippen MR) is 95.1 cm³/mol. The number of hydrogen-bond acceptors (Lipinski definition) is 2. The molecule has 2 aromatic rings.